The molecule has 0 unspecified atom stereocenters. The van der Waals surface area contributed by atoms with E-state index in [2.05, 4.69) is 57.4 Å². The number of nitrogens with two attached hydrogens (primary N) is 1. The summed E-state index contributed by atoms with van der Waals surface area (Å²) in [6, 6.07) is 30.3. The van der Waals surface area contributed by atoms with Crippen LogP contribution in [0.25, 0.3) is 0 Å². The van der Waals surface area contributed by atoms with E-state index in [1.54, 1.807) is 63.4 Å². The molecule has 0 atom stereocenters. The van der Waals surface area contributed by atoms with E-state index in [-0.39, 0.29) is 83.4 Å². The number of carbonyl (C=O) groups is 8. The van der Waals surface area contributed by atoms with E-state index in [4.69, 9.17) is 25.1 Å². The summed E-state index contributed by atoms with van der Waals surface area (Å²) in [4.78, 5) is 107. The largest absolute Gasteiger partial charge is 0.503 e. The highest BCUT2D eigenvalue weighted by molar-refractivity contribution is 9.10. The number of halogens is 1. The minimum Gasteiger partial charge on any atom is -0.503 e. The number of aromatic amines is 1. The number of carboxylic acids is 1. The Morgan fingerprint density at radius 2 is 0.924 bits per heavy atom. The molecule has 7 amide bonds. The van der Waals surface area contributed by atoms with E-state index in [1.165, 1.54) is 65.5 Å². The summed E-state index contributed by atoms with van der Waals surface area (Å²) < 4.78 is 21.0. The van der Waals surface area contributed by atoms with Gasteiger partial charge >= 0.3 is 30.1 Å². The number of carboxylic acid groups (broad SMARTS) is 1. The first kappa shape index (κ1) is 72.6. The average molecular weight is 1340 g/mol. The zero-order chi connectivity index (χ0) is 68.7. The number of ether oxygens (including phenoxy) is 3. The third-order valence-corrected chi connectivity index (χ3v) is 12.4. The molecule has 9 N–H and O–H groups in total. The lowest BCUT2D eigenvalue weighted by Gasteiger charge is -2.08. The highest BCUT2D eigenvalue weighted by Gasteiger charge is 2.26. The van der Waals surface area contributed by atoms with Gasteiger partial charge in [0.25, 0.3) is 23.6 Å². The van der Waals surface area contributed by atoms with Crippen LogP contribution in [0, 0.1) is 10.1 Å². The van der Waals surface area contributed by atoms with Crippen LogP contribution in [0.1, 0.15) is 69.1 Å². The van der Waals surface area contributed by atoms with Gasteiger partial charge < -0.3 is 65.0 Å². The zero-order valence-corrected chi connectivity index (χ0v) is 53.4. The van der Waals surface area contributed by atoms with E-state index >= 15 is 0 Å². The van der Waals surface area contributed by atoms with Gasteiger partial charge in [0.15, 0.2) is 51.6 Å². The Labute approximate surface area is 533 Å². The van der Waals surface area contributed by atoms with Crippen molar-refractivity contribution in [3.05, 3.63) is 163 Å². The normalized spacial score (nSPS) is 10.1. The molecule has 0 saturated carbocycles. The number of nitrogens with zero attached hydrogens (tertiary/aromatic N) is 14. The second-order valence-electron chi connectivity index (χ2n) is 19.6. The van der Waals surface area contributed by atoms with Crippen LogP contribution in [0.15, 0.2) is 108 Å². The first-order chi connectivity index (χ1) is 43.3. The van der Waals surface area contributed by atoms with Crippen molar-refractivity contribution in [2.75, 3.05) is 78.1 Å². The van der Waals surface area contributed by atoms with Crippen molar-refractivity contribution < 1.29 is 72.8 Å². The second kappa shape index (κ2) is 34.1. The summed E-state index contributed by atoms with van der Waals surface area (Å²) in [6.07, 6.45) is -1.98. The highest BCUT2D eigenvalue weighted by atomic mass is 79.9. The lowest BCUT2D eigenvalue weighted by Crippen LogP contribution is -2.22. The topological polar surface area (TPSA) is 443 Å². The summed E-state index contributed by atoms with van der Waals surface area (Å²) in [6.45, 7) is 0.425. The minimum atomic E-state index is -1.30. The van der Waals surface area contributed by atoms with Gasteiger partial charge in [-0.05, 0) is 37.5 Å². The Bertz CT molecular complexity index is 3710. The van der Waals surface area contributed by atoms with E-state index < -0.39 is 46.6 Å². The standard InChI is InChI=1S/C15H17BrN4O3.C15H18N4O4.C15H18N4O3.C7H12N4O2.C4H3N3O4/c1-19(2)14(21)12-11(16)13(20(3)18-12)17-15(22)23-9-10-7-5-4-6-8-10;1-18(2)14(21)11-12(20)13(19(3)17-11)16-15(22)23-9-10-7-5-4-6-8-10;1-18(2)14(20)12-9-13(19(3)17-12)16-15(21)22-10-11-7-5-4-6-8-11;1-10(2)7(13)4-5(12)6(8)11(3)9-4;8-4(9)2-1-3(6-5-2)7(10)11/h4-8H,9H2,1-3H3,(H,17,22);4-8,20H,9H2,1-3H3,(H,16,22);4-9H,10H2,1-3H3,(H,16,21);12H,8H2,1-3H3;1H,(H,5,6)(H,8,9). The highest BCUT2D eigenvalue weighted by Crippen LogP contribution is 2.29. The number of carbonyl (C=O) groups excluding carboxylic acids is 7. The van der Waals surface area contributed by atoms with Crippen molar-refractivity contribution >= 4 is 92.9 Å². The third kappa shape index (κ3) is 21.2. The number of aromatic nitrogens is 10. The van der Waals surface area contributed by atoms with Gasteiger partial charge in [0.2, 0.25) is 0 Å². The quantitative estimate of drug-likeness (QED) is 0.0356. The van der Waals surface area contributed by atoms with E-state index in [0.717, 1.165) is 22.8 Å². The van der Waals surface area contributed by atoms with Crippen LogP contribution in [0.3, 0.4) is 0 Å². The molecule has 0 aliphatic carbocycles. The van der Waals surface area contributed by atoms with Gasteiger partial charge in [-0.15, -0.1) is 5.10 Å². The van der Waals surface area contributed by atoms with Crippen molar-refractivity contribution in [3.63, 3.8) is 0 Å². The van der Waals surface area contributed by atoms with E-state index in [9.17, 15) is 58.7 Å². The third-order valence-electron chi connectivity index (χ3n) is 11.7. The second-order valence-corrected chi connectivity index (χ2v) is 20.4. The first-order valence-electron chi connectivity index (χ1n) is 26.6. The summed E-state index contributed by atoms with van der Waals surface area (Å²) >= 11 is 3.29. The van der Waals surface area contributed by atoms with Crippen molar-refractivity contribution in [2.24, 2.45) is 28.2 Å². The maximum Gasteiger partial charge on any atom is 0.413 e. The molecule has 8 aromatic rings. The number of hydrogen-bond acceptors (Lipinski definition) is 21. The molecule has 92 heavy (non-hydrogen) atoms. The number of aromatic hydroxyl groups is 2. The minimum absolute atomic E-state index is 0.00624. The van der Waals surface area contributed by atoms with Gasteiger partial charge in [-0.3, -0.25) is 44.5 Å². The Balaban J connectivity index is 0.000000252. The fraction of sp³-hybridized carbons (Fsp3) is 0.268. The van der Waals surface area contributed by atoms with Gasteiger partial charge in [0.1, 0.15) is 31.5 Å². The number of rotatable bonds is 15. The van der Waals surface area contributed by atoms with Crippen LogP contribution in [0.2, 0.25) is 0 Å². The van der Waals surface area contributed by atoms with Gasteiger partial charge in [0, 0.05) is 90.6 Å². The van der Waals surface area contributed by atoms with Crippen LogP contribution in [-0.2, 0) is 62.2 Å². The Hall–Kier alpha value is -11.9. The summed E-state index contributed by atoms with van der Waals surface area (Å²) in [5, 5.41) is 66.2. The summed E-state index contributed by atoms with van der Waals surface area (Å²) in [5.74, 6) is -2.90. The molecule has 0 spiro atoms. The van der Waals surface area contributed by atoms with E-state index in [0.29, 0.717) is 16.1 Å². The molecule has 5 heterocycles. The monoisotopic (exact) mass is 1340 g/mol. The maximum atomic E-state index is 12.0. The number of nitro groups is 1. The van der Waals surface area contributed by atoms with Crippen LogP contribution >= 0.6 is 15.9 Å². The maximum absolute atomic E-state index is 12.0. The van der Waals surface area contributed by atoms with Crippen LogP contribution < -0.4 is 21.7 Å². The molecule has 0 radical (unpaired) electrons. The van der Waals surface area contributed by atoms with Crippen molar-refractivity contribution in [1.29, 1.82) is 0 Å². The number of H-pyrrole nitrogens is 1. The SMILES string of the molecule is CN(C)C(=O)c1cc(NC(=O)OCc2ccccc2)n(C)n1.CN(C)C(=O)c1nn(C)c(N)c1O.CN(C)C(=O)c1nn(C)c(NC(=O)OCc2ccccc2)c1Br.CN(C)C(=O)c1nn(C)c(NC(=O)OCc2ccccc2)c1O.O=C(O)c1cc([N+](=O)[O-])[nH]n1. The molecule has 0 aliphatic rings. The Morgan fingerprint density at radius 1 is 0.543 bits per heavy atom. The van der Waals surface area contributed by atoms with Crippen LogP contribution in [0.5, 0.6) is 11.5 Å². The fourth-order valence-electron chi connectivity index (χ4n) is 6.88. The molecular weight excluding hydrogens is 1270 g/mol. The molecule has 35 nitrogen and oxygen atoms in total. The lowest BCUT2D eigenvalue weighted by molar-refractivity contribution is -0.389. The van der Waals surface area contributed by atoms with Crippen molar-refractivity contribution in [1.82, 2.24) is 68.9 Å². The van der Waals surface area contributed by atoms with Crippen LogP contribution in [0.4, 0.5) is 43.5 Å². The predicted octanol–water partition coefficient (Wildman–Crippen LogP) is 5.51. The molecule has 0 saturated heterocycles. The number of nitrogen functional groups attached to an aromatic ring is 1. The van der Waals surface area contributed by atoms with Crippen LogP contribution in [-0.4, -0.2) is 193 Å². The lowest BCUT2D eigenvalue weighted by atomic mass is 10.2. The number of aryl methyl sites for hydroxylation is 4. The number of amides is 7. The van der Waals surface area contributed by atoms with Crippen molar-refractivity contribution in [2.45, 2.75) is 19.8 Å². The zero-order valence-electron chi connectivity index (χ0n) is 51.8. The van der Waals surface area contributed by atoms with Crippen molar-refractivity contribution in [3.8, 4) is 11.5 Å². The molecule has 3 aromatic carbocycles. The smallest absolute Gasteiger partial charge is 0.413 e. The molecule has 0 aliphatic heterocycles. The molecule has 36 heteroatoms. The molecule has 0 bridgehead atoms. The van der Waals surface area contributed by atoms with Gasteiger partial charge in [0.05, 0.1) is 10.5 Å². The number of hydrogen-bond donors (Lipinski definition) is 8. The number of nitrogens with one attached hydrogen (secondary N) is 4. The van der Waals surface area contributed by atoms with Gasteiger partial charge in [-0.25, -0.2) is 28.5 Å². The first-order valence-corrected chi connectivity index (χ1v) is 27.4. The molecular formula is C56H68BrN19O16. The summed E-state index contributed by atoms with van der Waals surface area (Å²) in [5.41, 5.74) is 7.98. The fourth-order valence-corrected chi connectivity index (χ4v) is 7.49. The van der Waals surface area contributed by atoms with Gasteiger partial charge in [-0.1, -0.05) is 96.1 Å². The summed E-state index contributed by atoms with van der Waals surface area (Å²) in [7, 11) is 19.1. The number of benzene rings is 3. The average Bonchev–Trinajstić information content (AvgIpc) is 1.70. The Kier molecular flexibility index (Phi) is 26.9. The molecule has 490 valence electrons. The van der Waals surface area contributed by atoms with E-state index in [1.807, 2.05) is 96.1 Å². The predicted molar refractivity (Wildman–Crippen MR) is 333 cm³/mol. The molecule has 5 aromatic heterocycles. The number of aromatic carboxylic acids is 1. The molecule has 0 fully saturated rings. The molecule has 8 rings (SSSR count). The Morgan fingerprint density at radius 3 is 1.30 bits per heavy atom. The van der Waals surface area contributed by atoms with Gasteiger partial charge in [-0.2, -0.15) is 20.4 Å². The number of anilines is 4.